The summed E-state index contributed by atoms with van der Waals surface area (Å²) in [6, 6.07) is 3.54. The first-order chi connectivity index (χ1) is 7.52. The topological polar surface area (TPSA) is 39.9 Å². The maximum Gasteiger partial charge on any atom is 0.266 e. The fourth-order valence-electron chi connectivity index (χ4n) is 1.68. The van der Waals surface area contributed by atoms with Crippen LogP contribution in [0.5, 0.6) is 0 Å². The molecule has 1 saturated heterocycles. The zero-order valence-corrected chi connectivity index (χ0v) is 9.84. The smallest absolute Gasteiger partial charge is 0.266 e. The molecule has 0 atom stereocenters. The monoisotopic (exact) mass is 287 g/mol. The highest BCUT2D eigenvalue weighted by Gasteiger charge is 2.39. The number of nitrogens with zero attached hydrogens (tertiary/aromatic N) is 3. The van der Waals surface area contributed by atoms with E-state index >= 15 is 0 Å². The number of hydrogen-bond acceptors (Lipinski definition) is 3. The Morgan fingerprint density at radius 2 is 2.31 bits per heavy atom. The third-order valence-electron chi connectivity index (χ3n) is 2.42. The molecule has 0 N–H and O–H groups in total. The van der Waals surface area contributed by atoms with Gasteiger partial charge in [-0.25, -0.2) is 13.8 Å². The minimum absolute atomic E-state index is 0.185. The molecule has 16 heavy (non-hydrogen) atoms. The number of aromatic nitrogens is 1. The van der Waals surface area contributed by atoms with Gasteiger partial charge in [0.05, 0.1) is 12.1 Å². The number of hydrogen-bond donors (Lipinski definition) is 0. The standard InChI is InChI=1S/C10H8BrF2N3/c11-8-3-7(4-14)9(15-5-8)16-2-1-10(12,13)6-16/h3,5H,1-2,6H2. The van der Waals surface area contributed by atoms with Crippen molar-refractivity contribution in [3.05, 3.63) is 22.3 Å². The van der Waals surface area contributed by atoms with Crippen LogP contribution in [0.4, 0.5) is 14.6 Å². The predicted molar refractivity (Wildman–Crippen MR) is 58.4 cm³/mol. The van der Waals surface area contributed by atoms with Crippen LogP contribution in [0.2, 0.25) is 0 Å². The van der Waals surface area contributed by atoms with E-state index in [4.69, 9.17) is 5.26 Å². The molecular formula is C10H8BrF2N3. The number of rotatable bonds is 1. The fourth-order valence-corrected chi connectivity index (χ4v) is 2.01. The summed E-state index contributed by atoms with van der Waals surface area (Å²) in [6.45, 7) is -0.132. The normalized spacial score (nSPS) is 18.5. The molecular weight excluding hydrogens is 280 g/mol. The van der Waals surface area contributed by atoms with Gasteiger partial charge in [0.25, 0.3) is 5.92 Å². The first-order valence-electron chi connectivity index (χ1n) is 4.70. The quantitative estimate of drug-likeness (QED) is 0.797. The molecule has 1 aromatic heterocycles. The van der Waals surface area contributed by atoms with Gasteiger partial charge in [-0.15, -0.1) is 0 Å². The lowest BCUT2D eigenvalue weighted by atomic mass is 10.2. The van der Waals surface area contributed by atoms with E-state index in [1.165, 1.54) is 11.1 Å². The Morgan fingerprint density at radius 1 is 1.56 bits per heavy atom. The van der Waals surface area contributed by atoms with E-state index in [0.29, 0.717) is 15.9 Å². The molecule has 0 spiro atoms. The summed E-state index contributed by atoms with van der Waals surface area (Å²) in [6.07, 6.45) is 1.32. The fraction of sp³-hybridized carbons (Fsp3) is 0.400. The van der Waals surface area contributed by atoms with Gasteiger partial charge in [-0.3, -0.25) is 0 Å². The third kappa shape index (κ3) is 2.14. The van der Waals surface area contributed by atoms with Crippen LogP contribution in [-0.2, 0) is 0 Å². The van der Waals surface area contributed by atoms with Crippen molar-refractivity contribution in [1.82, 2.24) is 4.98 Å². The Kier molecular flexibility index (Phi) is 2.80. The van der Waals surface area contributed by atoms with Gasteiger partial charge in [-0.05, 0) is 22.0 Å². The highest BCUT2D eigenvalue weighted by molar-refractivity contribution is 9.10. The Hall–Kier alpha value is -1.22. The molecule has 0 aliphatic carbocycles. The molecule has 2 rings (SSSR count). The number of anilines is 1. The van der Waals surface area contributed by atoms with Crippen LogP contribution in [0.15, 0.2) is 16.7 Å². The SMILES string of the molecule is N#Cc1cc(Br)cnc1N1CCC(F)(F)C1. The van der Waals surface area contributed by atoms with Crippen LogP contribution in [0.25, 0.3) is 0 Å². The minimum Gasteiger partial charge on any atom is -0.349 e. The third-order valence-corrected chi connectivity index (χ3v) is 2.86. The maximum absolute atomic E-state index is 13.0. The predicted octanol–water partition coefficient (Wildman–Crippen LogP) is 2.56. The Labute approximate surface area is 99.8 Å². The Morgan fingerprint density at radius 3 is 2.88 bits per heavy atom. The molecule has 0 unspecified atom stereocenters. The molecule has 3 nitrogen and oxygen atoms in total. The van der Waals surface area contributed by atoms with Crippen molar-refractivity contribution >= 4 is 21.7 Å². The van der Waals surface area contributed by atoms with Gasteiger partial charge < -0.3 is 4.90 Å². The molecule has 2 heterocycles. The first-order valence-corrected chi connectivity index (χ1v) is 5.49. The highest BCUT2D eigenvalue weighted by Crippen LogP contribution is 2.31. The molecule has 0 radical (unpaired) electrons. The summed E-state index contributed by atoms with van der Waals surface area (Å²) in [7, 11) is 0. The van der Waals surface area contributed by atoms with E-state index < -0.39 is 5.92 Å². The number of alkyl halides is 2. The van der Waals surface area contributed by atoms with Crippen LogP contribution in [0.3, 0.4) is 0 Å². The van der Waals surface area contributed by atoms with Crippen molar-refractivity contribution in [2.75, 3.05) is 18.0 Å². The average Bonchev–Trinajstić information content (AvgIpc) is 2.58. The van der Waals surface area contributed by atoms with Gasteiger partial charge in [-0.2, -0.15) is 5.26 Å². The van der Waals surface area contributed by atoms with Crippen molar-refractivity contribution in [3.63, 3.8) is 0 Å². The van der Waals surface area contributed by atoms with E-state index in [-0.39, 0.29) is 19.5 Å². The molecule has 1 aliphatic heterocycles. The van der Waals surface area contributed by atoms with Crippen molar-refractivity contribution in [1.29, 1.82) is 5.26 Å². The van der Waals surface area contributed by atoms with Crippen molar-refractivity contribution < 1.29 is 8.78 Å². The van der Waals surface area contributed by atoms with Gasteiger partial charge in [0.15, 0.2) is 0 Å². The lowest BCUT2D eigenvalue weighted by molar-refractivity contribution is 0.0256. The largest absolute Gasteiger partial charge is 0.349 e. The van der Waals surface area contributed by atoms with E-state index in [1.807, 2.05) is 6.07 Å². The van der Waals surface area contributed by atoms with Gasteiger partial charge >= 0.3 is 0 Å². The number of nitriles is 1. The summed E-state index contributed by atoms with van der Waals surface area (Å²) < 4.78 is 26.7. The van der Waals surface area contributed by atoms with Crippen molar-refractivity contribution in [2.45, 2.75) is 12.3 Å². The molecule has 1 fully saturated rings. The van der Waals surface area contributed by atoms with E-state index in [9.17, 15) is 8.78 Å². The Balaban J connectivity index is 2.32. The average molecular weight is 288 g/mol. The lowest BCUT2D eigenvalue weighted by Gasteiger charge is -2.17. The van der Waals surface area contributed by atoms with Crippen molar-refractivity contribution in [3.8, 4) is 6.07 Å². The summed E-state index contributed by atoms with van der Waals surface area (Å²) in [4.78, 5) is 5.47. The van der Waals surface area contributed by atoms with Crippen molar-refractivity contribution in [2.24, 2.45) is 0 Å². The zero-order chi connectivity index (χ0) is 11.8. The second-order valence-electron chi connectivity index (χ2n) is 3.66. The summed E-state index contributed by atoms with van der Waals surface area (Å²) in [5.74, 6) is -2.34. The summed E-state index contributed by atoms with van der Waals surface area (Å²) in [5.41, 5.74) is 0.312. The number of halogens is 3. The molecule has 0 amide bonds. The van der Waals surface area contributed by atoms with Gasteiger partial charge in [-0.1, -0.05) is 0 Å². The molecule has 84 valence electrons. The van der Waals surface area contributed by atoms with E-state index in [0.717, 1.165) is 0 Å². The second kappa shape index (κ2) is 3.98. The minimum atomic E-state index is -2.68. The Bertz CT molecular complexity index is 456. The first kappa shape index (κ1) is 11.3. The number of pyridine rings is 1. The van der Waals surface area contributed by atoms with Crippen LogP contribution < -0.4 is 4.90 Å². The summed E-state index contributed by atoms with van der Waals surface area (Å²) >= 11 is 3.19. The molecule has 0 aromatic carbocycles. The van der Waals surface area contributed by atoms with E-state index in [1.54, 1.807) is 6.07 Å². The van der Waals surface area contributed by atoms with E-state index in [2.05, 4.69) is 20.9 Å². The maximum atomic E-state index is 13.0. The lowest BCUT2D eigenvalue weighted by Crippen LogP contribution is -2.26. The van der Waals surface area contributed by atoms with Gasteiger partial charge in [0.1, 0.15) is 11.9 Å². The zero-order valence-electron chi connectivity index (χ0n) is 8.25. The molecule has 1 aromatic rings. The van der Waals surface area contributed by atoms with Crippen LogP contribution in [-0.4, -0.2) is 24.0 Å². The van der Waals surface area contributed by atoms with Crippen LogP contribution >= 0.6 is 15.9 Å². The summed E-state index contributed by atoms with van der Waals surface area (Å²) in [5, 5.41) is 8.91. The molecule has 6 heteroatoms. The van der Waals surface area contributed by atoms with Crippen LogP contribution in [0, 0.1) is 11.3 Å². The molecule has 1 aliphatic rings. The van der Waals surface area contributed by atoms with Gasteiger partial charge in [0.2, 0.25) is 0 Å². The van der Waals surface area contributed by atoms with Gasteiger partial charge in [0, 0.05) is 23.6 Å². The molecule has 0 bridgehead atoms. The highest BCUT2D eigenvalue weighted by atomic mass is 79.9. The molecule has 0 saturated carbocycles. The second-order valence-corrected chi connectivity index (χ2v) is 4.58. The van der Waals surface area contributed by atoms with Crippen LogP contribution in [0.1, 0.15) is 12.0 Å².